The van der Waals surface area contributed by atoms with Gasteiger partial charge < -0.3 is 15.0 Å². The summed E-state index contributed by atoms with van der Waals surface area (Å²) in [4.78, 5) is 32.2. The van der Waals surface area contributed by atoms with Crippen LogP contribution in [0.1, 0.15) is 23.0 Å². The van der Waals surface area contributed by atoms with Gasteiger partial charge in [0, 0.05) is 25.7 Å². The largest absolute Gasteiger partial charge is 0.361 e. The number of hydrogen-bond donors (Lipinski definition) is 1. The average molecular weight is 448 g/mol. The van der Waals surface area contributed by atoms with Crippen LogP contribution in [0.5, 0.6) is 0 Å². The first-order valence-corrected chi connectivity index (χ1v) is 11.0. The molecule has 0 spiro atoms. The van der Waals surface area contributed by atoms with E-state index in [4.69, 9.17) is 4.74 Å². The highest BCUT2D eigenvalue weighted by Gasteiger charge is 2.45. The minimum atomic E-state index is -1.26. The lowest BCUT2D eigenvalue weighted by molar-refractivity contribution is -0.157. The molecule has 6 nitrogen and oxygen atoms in total. The van der Waals surface area contributed by atoms with E-state index in [9.17, 15) is 14.0 Å². The molecule has 1 aliphatic heterocycles. The Balaban J connectivity index is 1.68. The van der Waals surface area contributed by atoms with Crippen molar-refractivity contribution >= 4 is 11.8 Å². The predicted octanol–water partition coefficient (Wildman–Crippen LogP) is 3.48. The maximum atomic E-state index is 13.5. The number of rotatable bonds is 6. The van der Waals surface area contributed by atoms with Gasteiger partial charge in [-0.05, 0) is 47.9 Å². The maximum Gasteiger partial charge on any atom is 0.272 e. The van der Waals surface area contributed by atoms with Gasteiger partial charge in [-0.2, -0.15) is 0 Å². The number of nitrogens with one attached hydrogen (secondary N) is 1. The molecule has 1 atom stereocenters. The van der Waals surface area contributed by atoms with Gasteiger partial charge in [0.2, 0.25) is 0 Å². The van der Waals surface area contributed by atoms with Crippen molar-refractivity contribution < 1.29 is 18.7 Å². The van der Waals surface area contributed by atoms with Crippen LogP contribution in [-0.4, -0.2) is 53.5 Å². The molecule has 0 bridgehead atoms. The zero-order chi connectivity index (χ0) is 23.3. The van der Waals surface area contributed by atoms with Gasteiger partial charge >= 0.3 is 0 Å². The van der Waals surface area contributed by atoms with Gasteiger partial charge in [-0.1, -0.05) is 42.5 Å². The summed E-state index contributed by atoms with van der Waals surface area (Å²) < 4.78 is 19.6. The van der Waals surface area contributed by atoms with Crippen molar-refractivity contribution in [1.29, 1.82) is 0 Å². The SMILES string of the molecule is CCNC(=O)C1(Cc2ccccc2-c2ccc(F)cc2)CN(C(=O)c2ccccn2)CCO1. The summed E-state index contributed by atoms with van der Waals surface area (Å²) in [6.45, 7) is 2.99. The highest BCUT2D eigenvalue weighted by atomic mass is 19.1. The number of morpholine rings is 1. The topological polar surface area (TPSA) is 71.5 Å². The van der Waals surface area contributed by atoms with Gasteiger partial charge in [-0.25, -0.2) is 4.39 Å². The van der Waals surface area contributed by atoms with Crippen molar-refractivity contribution in [3.63, 3.8) is 0 Å². The Morgan fingerprint density at radius 3 is 2.58 bits per heavy atom. The smallest absolute Gasteiger partial charge is 0.272 e. The van der Waals surface area contributed by atoms with Crippen LogP contribution in [0.4, 0.5) is 4.39 Å². The normalized spacial score (nSPS) is 18.1. The molecule has 7 heteroatoms. The standard InChI is InChI=1S/C26H26FN3O3/c1-2-28-25(32)26(18-30(15-16-33-26)24(31)23-9-5-6-14-29-23)17-20-7-3-4-8-22(20)19-10-12-21(27)13-11-19/h3-14H,2,15-18H2,1H3,(H,28,32). The van der Waals surface area contributed by atoms with Gasteiger partial charge in [-0.3, -0.25) is 14.6 Å². The molecule has 1 saturated heterocycles. The van der Waals surface area contributed by atoms with Crippen LogP contribution in [0.2, 0.25) is 0 Å². The Labute approximate surface area is 192 Å². The van der Waals surface area contributed by atoms with E-state index in [1.54, 1.807) is 41.4 Å². The number of halogens is 1. The quantitative estimate of drug-likeness (QED) is 0.628. The molecule has 33 heavy (non-hydrogen) atoms. The van der Waals surface area contributed by atoms with E-state index in [-0.39, 0.29) is 37.2 Å². The monoisotopic (exact) mass is 447 g/mol. The summed E-state index contributed by atoms with van der Waals surface area (Å²) in [6, 6.07) is 19.1. The summed E-state index contributed by atoms with van der Waals surface area (Å²) in [6.07, 6.45) is 1.84. The second kappa shape index (κ2) is 9.92. The average Bonchev–Trinajstić information content (AvgIpc) is 2.85. The van der Waals surface area contributed by atoms with Gasteiger partial charge in [0.1, 0.15) is 11.5 Å². The molecular formula is C26H26FN3O3. The summed E-state index contributed by atoms with van der Waals surface area (Å²) in [5.74, 6) is -0.814. The van der Waals surface area contributed by atoms with Gasteiger partial charge in [-0.15, -0.1) is 0 Å². The van der Waals surface area contributed by atoms with Crippen molar-refractivity contribution in [2.24, 2.45) is 0 Å². The number of hydrogen-bond acceptors (Lipinski definition) is 4. The van der Waals surface area contributed by atoms with Crippen LogP contribution in [0.15, 0.2) is 72.9 Å². The molecule has 0 radical (unpaired) electrons. The Kier molecular flexibility index (Phi) is 6.79. The third kappa shape index (κ3) is 4.93. The number of benzene rings is 2. The predicted molar refractivity (Wildman–Crippen MR) is 123 cm³/mol. The fraction of sp³-hybridized carbons (Fsp3) is 0.269. The summed E-state index contributed by atoms with van der Waals surface area (Å²) in [7, 11) is 0. The summed E-state index contributed by atoms with van der Waals surface area (Å²) in [5, 5.41) is 2.88. The Hall–Kier alpha value is -3.58. The first kappa shape index (κ1) is 22.6. The highest BCUT2D eigenvalue weighted by molar-refractivity contribution is 5.94. The molecule has 0 aliphatic carbocycles. The number of carbonyl (C=O) groups excluding carboxylic acids is 2. The van der Waals surface area contributed by atoms with E-state index in [0.29, 0.717) is 18.8 Å². The van der Waals surface area contributed by atoms with E-state index < -0.39 is 5.60 Å². The molecule has 4 rings (SSSR count). The lowest BCUT2D eigenvalue weighted by Crippen LogP contribution is -2.62. The Morgan fingerprint density at radius 2 is 1.85 bits per heavy atom. The molecule has 2 heterocycles. The van der Waals surface area contributed by atoms with Crippen molar-refractivity contribution in [2.45, 2.75) is 18.9 Å². The third-order valence-electron chi connectivity index (χ3n) is 5.76. The fourth-order valence-corrected chi connectivity index (χ4v) is 4.15. The van der Waals surface area contributed by atoms with E-state index >= 15 is 0 Å². The van der Waals surface area contributed by atoms with E-state index in [2.05, 4.69) is 10.3 Å². The van der Waals surface area contributed by atoms with Crippen LogP contribution in [0.3, 0.4) is 0 Å². The van der Waals surface area contributed by atoms with Crippen LogP contribution in [0, 0.1) is 5.82 Å². The summed E-state index contributed by atoms with van der Waals surface area (Å²) in [5.41, 5.74) is 1.68. The molecular weight excluding hydrogens is 421 g/mol. The highest BCUT2D eigenvalue weighted by Crippen LogP contribution is 2.31. The number of likely N-dealkylation sites (N-methyl/N-ethyl adjacent to an activating group) is 1. The number of ether oxygens (including phenoxy) is 1. The minimum absolute atomic E-state index is 0.103. The fourth-order valence-electron chi connectivity index (χ4n) is 4.15. The molecule has 1 N–H and O–H groups in total. The molecule has 2 amide bonds. The first-order chi connectivity index (χ1) is 16.0. The lowest BCUT2D eigenvalue weighted by Gasteiger charge is -2.41. The molecule has 3 aromatic rings. The third-order valence-corrected chi connectivity index (χ3v) is 5.76. The maximum absolute atomic E-state index is 13.5. The summed E-state index contributed by atoms with van der Waals surface area (Å²) >= 11 is 0. The molecule has 1 unspecified atom stereocenters. The Morgan fingerprint density at radius 1 is 1.09 bits per heavy atom. The number of carbonyl (C=O) groups is 2. The number of amides is 2. The van der Waals surface area contributed by atoms with Gasteiger partial charge in [0.25, 0.3) is 11.8 Å². The van der Waals surface area contributed by atoms with E-state index in [1.165, 1.54) is 12.1 Å². The van der Waals surface area contributed by atoms with Crippen molar-refractivity contribution in [3.8, 4) is 11.1 Å². The van der Waals surface area contributed by atoms with E-state index in [0.717, 1.165) is 16.7 Å². The van der Waals surface area contributed by atoms with Gasteiger partial charge in [0.05, 0.1) is 13.2 Å². The van der Waals surface area contributed by atoms with E-state index in [1.807, 2.05) is 31.2 Å². The molecule has 0 saturated carbocycles. The zero-order valence-electron chi connectivity index (χ0n) is 18.5. The van der Waals surface area contributed by atoms with Crippen molar-refractivity contribution in [3.05, 3.63) is 90.0 Å². The molecule has 2 aromatic carbocycles. The molecule has 1 aromatic heterocycles. The zero-order valence-corrected chi connectivity index (χ0v) is 18.5. The number of nitrogens with zero attached hydrogens (tertiary/aromatic N) is 2. The second-order valence-electron chi connectivity index (χ2n) is 7.98. The van der Waals surface area contributed by atoms with Crippen molar-refractivity contribution in [2.75, 3.05) is 26.2 Å². The van der Waals surface area contributed by atoms with Crippen molar-refractivity contribution in [1.82, 2.24) is 15.2 Å². The second-order valence-corrected chi connectivity index (χ2v) is 7.98. The van der Waals surface area contributed by atoms with Crippen LogP contribution in [-0.2, 0) is 16.0 Å². The molecule has 1 aliphatic rings. The lowest BCUT2D eigenvalue weighted by atomic mass is 9.87. The van der Waals surface area contributed by atoms with Crippen LogP contribution >= 0.6 is 0 Å². The molecule has 1 fully saturated rings. The van der Waals surface area contributed by atoms with Gasteiger partial charge in [0.15, 0.2) is 5.60 Å². The Bertz CT molecular complexity index is 1120. The molecule has 170 valence electrons. The number of pyridine rings is 1. The number of aromatic nitrogens is 1. The first-order valence-electron chi connectivity index (χ1n) is 11.0. The van der Waals surface area contributed by atoms with Crippen LogP contribution in [0.25, 0.3) is 11.1 Å². The minimum Gasteiger partial charge on any atom is -0.361 e. The van der Waals surface area contributed by atoms with Crippen LogP contribution < -0.4 is 5.32 Å².